The minimum Gasteiger partial charge on any atom is -0.447 e. The minimum atomic E-state index is -0.383. The Balaban J connectivity index is 1.32. The van der Waals surface area contributed by atoms with E-state index in [-0.39, 0.29) is 29.4 Å². The lowest BCUT2D eigenvalue weighted by molar-refractivity contribution is -0.143. The summed E-state index contributed by atoms with van der Waals surface area (Å²) in [4.78, 5) is 40.4. The first-order valence-electron chi connectivity index (χ1n) is 13.4. The number of cyclic esters (lactones) is 1. The number of pyridine rings is 2. The van der Waals surface area contributed by atoms with E-state index >= 15 is 0 Å². The Hall–Kier alpha value is -3.16. The zero-order chi connectivity index (χ0) is 24.6. The van der Waals surface area contributed by atoms with E-state index in [0.29, 0.717) is 42.5 Å². The maximum Gasteiger partial charge on any atom is 0.415 e. The third kappa shape index (κ3) is 3.33. The van der Waals surface area contributed by atoms with Crippen molar-refractivity contribution in [3.63, 3.8) is 0 Å². The second-order valence-electron chi connectivity index (χ2n) is 12.0. The highest BCUT2D eigenvalue weighted by molar-refractivity contribution is 6.01. The molecule has 8 nitrogen and oxygen atoms in total. The Morgan fingerprint density at radius 1 is 1.11 bits per heavy atom. The zero-order valence-electron chi connectivity index (χ0n) is 20.9. The van der Waals surface area contributed by atoms with Crippen molar-refractivity contribution < 1.29 is 14.3 Å². The summed E-state index contributed by atoms with van der Waals surface area (Å²) in [5, 5.41) is 3.42. The molecule has 4 heterocycles. The Kier molecular flexibility index (Phi) is 4.85. The summed E-state index contributed by atoms with van der Waals surface area (Å²) in [6, 6.07) is 7.61. The number of fused-ring (bicyclic) bond motifs is 2. The van der Waals surface area contributed by atoms with Crippen LogP contribution in [-0.4, -0.2) is 34.6 Å². The lowest BCUT2D eigenvalue weighted by Gasteiger charge is -2.56. The van der Waals surface area contributed by atoms with Crippen LogP contribution >= 0.6 is 0 Å². The number of carbonyl (C=O) groups is 2. The summed E-state index contributed by atoms with van der Waals surface area (Å²) in [5.74, 6) is 4.27. The standard InChI is InChI=1S/C28H33N5O3/c1-16(2)22-15-36-27(35)33(22)23-6-5-21-25(31-23)32(14-20-4-3-7-29-24(20)30-21)26(34)28-11-17-8-18(12-28)10-19(9-17)13-28/h3-7,16-19,22H,8-15H2,1-2H3,(H,29,30)/t17-,18+,19-,22-,28-/m0/s1. The highest BCUT2D eigenvalue weighted by atomic mass is 16.6. The van der Waals surface area contributed by atoms with Gasteiger partial charge in [0.2, 0.25) is 5.91 Å². The van der Waals surface area contributed by atoms with Crippen LogP contribution in [0.25, 0.3) is 0 Å². The van der Waals surface area contributed by atoms with Crippen molar-refractivity contribution in [2.24, 2.45) is 29.1 Å². The van der Waals surface area contributed by atoms with E-state index in [4.69, 9.17) is 9.72 Å². The zero-order valence-corrected chi connectivity index (χ0v) is 20.9. The van der Waals surface area contributed by atoms with Gasteiger partial charge in [0.25, 0.3) is 0 Å². The van der Waals surface area contributed by atoms with Gasteiger partial charge in [0, 0.05) is 11.8 Å². The van der Waals surface area contributed by atoms with E-state index < -0.39 is 0 Å². The fraction of sp³-hybridized carbons (Fsp3) is 0.571. The number of rotatable bonds is 3. The second-order valence-corrected chi connectivity index (χ2v) is 12.0. The Bertz CT molecular complexity index is 1210. The molecule has 0 spiro atoms. The van der Waals surface area contributed by atoms with Crippen molar-refractivity contribution in [1.82, 2.24) is 9.97 Å². The predicted molar refractivity (Wildman–Crippen MR) is 136 cm³/mol. The molecule has 1 saturated heterocycles. The fourth-order valence-electron chi connectivity index (χ4n) is 7.94. The molecule has 2 amide bonds. The van der Waals surface area contributed by atoms with Gasteiger partial charge in [-0.2, -0.15) is 0 Å². The summed E-state index contributed by atoms with van der Waals surface area (Å²) in [7, 11) is 0. The first-order chi connectivity index (χ1) is 17.4. The molecule has 0 radical (unpaired) electrons. The molecule has 5 fully saturated rings. The van der Waals surface area contributed by atoms with Crippen LogP contribution in [-0.2, 0) is 16.1 Å². The molecule has 4 saturated carbocycles. The summed E-state index contributed by atoms with van der Waals surface area (Å²) >= 11 is 0. The van der Waals surface area contributed by atoms with Crippen LogP contribution in [0.5, 0.6) is 0 Å². The summed E-state index contributed by atoms with van der Waals surface area (Å²) < 4.78 is 5.39. The summed E-state index contributed by atoms with van der Waals surface area (Å²) in [5.41, 5.74) is 1.41. The first kappa shape index (κ1) is 22.1. The highest BCUT2D eigenvalue weighted by Gasteiger charge is 2.56. The van der Waals surface area contributed by atoms with E-state index in [1.807, 2.05) is 29.2 Å². The van der Waals surface area contributed by atoms with Gasteiger partial charge in [-0.25, -0.2) is 14.8 Å². The normalized spacial score (nSPS) is 32.1. The summed E-state index contributed by atoms with van der Waals surface area (Å²) in [6.07, 6.45) is 8.21. The van der Waals surface area contributed by atoms with Crippen molar-refractivity contribution in [3.05, 3.63) is 36.0 Å². The summed E-state index contributed by atoms with van der Waals surface area (Å²) in [6.45, 7) is 4.92. The molecule has 8 heteroatoms. The van der Waals surface area contributed by atoms with Crippen LogP contribution in [0.4, 0.5) is 27.9 Å². The van der Waals surface area contributed by atoms with Crippen molar-refractivity contribution in [3.8, 4) is 0 Å². The quantitative estimate of drug-likeness (QED) is 0.635. The van der Waals surface area contributed by atoms with Crippen LogP contribution in [0, 0.1) is 29.1 Å². The van der Waals surface area contributed by atoms with E-state index in [1.54, 1.807) is 11.1 Å². The van der Waals surface area contributed by atoms with Gasteiger partial charge in [0.15, 0.2) is 5.82 Å². The number of aromatic nitrogens is 2. The molecule has 4 bridgehead atoms. The van der Waals surface area contributed by atoms with Gasteiger partial charge in [0.1, 0.15) is 18.2 Å². The number of anilines is 4. The monoisotopic (exact) mass is 487 g/mol. The highest BCUT2D eigenvalue weighted by Crippen LogP contribution is 2.61. The van der Waals surface area contributed by atoms with E-state index in [0.717, 1.165) is 36.3 Å². The van der Waals surface area contributed by atoms with Crippen LogP contribution < -0.4 is 15.1 Å². The number of hydrogen-bond donors (Lipinski definition) is 1. The van der Waals surface area contributed by atoms with E-state index in [9.17, 15) is 9.59 Å². The molecule has 0 aromatic carbocycles. The average molecular weight is 488 g/mol. The average Bonchev–Trinajstić information content (AvgIpc) is 3.16. The fourth-order valence-corrected chi connectivity index (χ4v) is 7.94. The maximum atomic E-state index is 14.6. The van der Waals surface area contributed by atoms with Gasteiger partial charge < -0.3 is 10.1 Å². The lowest BCUT2D eigenvalue weighted by atomic mass is 9.49. The molecule has 0 unspecified atom stereocenters. The largest absolute Gasteiger partial charge is 0.447 e. The van der Waals surface area contributed by atoms with E-state index in [2.05, 4.69) is 24.1 Å². The third-order valence-corrected chi connectivity index (χ3v) is 9.25. The molecule has 36 heavy (non-hydrogen) atoms. The van der Waals surface area contributed by atoms with Crippen molar-refractivity contribution in [2.45, 2.75) is 65.0 Å². The number of nitrogens with zero attached hydrogens (tertiary/aromatic N) is 4. The van der Waals surface area contributed by atoms with Crippen molar-refractivity contribution in [2.75, 3.05) is 21.7 Å². The minimum absolute atomic E-state index is 0.0899. The maximum absolute atomic E-state index is 14.6. The molecule has 8 rings (SSSR count). The van der Waals surface area contributed by atoms with Gasteiger partial charge in [-0.15, -0.1) is 0 Å². The number of carbonyl (C=O) groups excluding carboxylic acids is 2. The molecule has 2 aliphatic heterocycles. The van der Waals surface area contributed by atoms with Gasteiger partial charge in [-0.1, -0.05) is 19.9 Å². The van der Waals surface area contributed by atoms with Gasteiger partial charge in [-0.05, 0) is 80.4 Å². The molecule has 2 aromatic heterocycles. The number of amides is 2. The molecule has 188 valence electrons. The van der Waals surface area contributed by atoms with Gasteiger partial charge >= 0.3 is 6.09 Å². The molecule has 6 aliphatic rings. The van der Waals surface area contributed by atoms with Crippen LogP contribution in [0.15, 0.2) is 30.5 Å². The van der Waals surface area contributed by atoms with Crippen molar-refractivity contribution in [1.29, 1.82) is 0 Å². The number of ether oxygens (including phenoxy) is 1. The Morgan fingerprint density at radius 2 is 1.83 bits per heavy atom. The SMILES string of the molecule is CC(C)[C@@H]1COC(=O)N1c1ccc2c(n1)N(C(=O)[C@]13C[C@H]4C[C@H](C[C@H](C4)C1)C3)Cc1cccnc1N2. The van der Waals surface area contributed by atoms with Crippen LogP contribution in [0.3, 0.4) is 0 Å². The molecule has 1 N–H and O–H groups in total. The lowest BCUT2D eigenvalue weighted by Crippen LogP contribution is -2.54. The number of hydrogen-bond acceptors (Lipinski definition) is 6. The Labute approximate surface area is 211 Å². The second kappa shape index (κ2) is 7.92. The van der Waals surface area contributed by atoms with Crippen LogP contribution in [0.1, 0.15) is 57.9 Å². The topological polar surface area (TPSA) is 87.7 Å². The smallest absolute Gasteiger partial charge is 0.415 e. The molecular formula is C28H33N5O3. The van der Waals surface area contributed by atoms with Gasteiger partial charge in [-0.3, -0.25) is 14.6 Å². The molecule has 4 aliphatic carbocycles. The number of nitrogens with one attached hydrogen (secondary N) is 1. The predicted octanol–water partition coefficient (Wildman–Crippen LogP) is 5.26. The molecular weight excluding hydrogens is 454 g/mol. The molecule has 1 atom stereocenters. The third-order valence-electron chi connectivity index (χ3n) is 9.25. The molecule has 2 aromatic rings. The van der Waals surface area contributed by atoms with Crippen LogP contribution in [0.2, 0.25) is 0 Å². The van der Waals surface area contributed by atoms with Crippen molar-refractivity contribution >= 4 is 35.1 Å². The van der Waals surface area contributed by atoms with Gasteiger partial charge in [0.05, 0.1) is 23.7 Å². The van der Waals surface area contributed by atoms with E-state index in [1.165, 1.54) is 19.3 Å². The first-order valence-corrected chi connectivity index (χ1v) is 13.4. The Morgan fingerprint density at radius 3 is 2.53 bits per heavy atom.